The van der Waals surface area contributed by atoms with Gasteiger partial charge in [0.05, 0.1) is 0 Å². The van der Waals surface area contributed by atoms with Gasteiger partial charge in [0.1, 0.15) is 11.6 Å². The number of carboxylic acids is 1. The number of carbonyl (C=O) groups is 2. The van der Waals surface area contributed by atoms with Crippen molar-refractivity contribution in [1.29, 1.82) is 0 Å². The third-order valence-electron chi connectivity index (χ3n) is 2.37. The first kappa shape index (κ1) is 16.5. The predicted octanol–water partition coefficient (Wildman–Crippen LogP) is 2.97. The molecule has 0 radical (unpaired) electrons. The summed E-state index contributed by atoms with van der Waals surface area (Å²) in [7, 11) is 0. The minimum absolute atomic E-state index is 0.177. The molecule has 0 aliphatic carbocycles. The largest absolute Gasteiger partial charge is 0.480 e. The highest BCUT2D eigenvalue weighted by Gasteiger charge is 2.24. The van der Waals surface area contributed by atoms with Crippen molar-refractivity contribution in [2.75, 3.05) is 0 Å². The molecule has 0 aliphatic rings. The Morgan fingerprint density at radius 3 is 2.45 bits per heavy atom. The van der Waals surface area contributed by atoms with Crippen LogP contribution in [-0.4, -0.2) is 28.8 Å². The normalized spacial score (nSPS) is 12.6. The molecule has 1 rings (SSSR count). The van der Waals surface area contributed by atoms with E-state index in [9.17, 15) is 14.7 Å². The van der Waals surface area contributed by atoms with Crippen LogP contribution in [0, 0.1) is 0 Å². The average molecular weight is 344 g/mol. The molecule has 1 aromatic rings. The first-order chi connectivity index (χ1) is 9.19. The first-order valence-electron chi connectivity index (χ1n) is 6.15. The number of hydrogen-bond acceptors (Lipinski definition) is 3. The van der Waals surface area contributed by atoms with Crippen LogP contribution in [0.5, 0.6) is 0 Å². The predicted molar refractivity (Wildman–Crippen MR) is 78.6 cm³/mol. The third-order valence-corrected chi connectivity index (χ3v) is 3.14. The number of aliphatic carboxylic acids is 1. The van der Waals surface area contributed by atoms with Crippen molar-refractivity contribution >= 4 is 28.0 Å². The molecule has 0 aromatic heterocycles. The topological polar surface area (TPSA) is 75.6 Å². The van der Waals surface area contributed by atoms with Gasteiger partial charge in [0.2, 0.25) is 0 Å². The highest BCUT2D eigenvalue weighted by Crippen LogP contribution is 2.18. The zero-order valence-electron chi connectivity index (χ0n) is 11.6. The molecule has 1 amide bonds. The minimum Gasteiger partial charge on any atom is -0.480 e. The SMILES string of the molecule is CC(C)(C)OC(=O)N[C@H](Cc1ccccc1Br)C(=O)O. The van der Waals surface area contributed by atoms with Crippen molar-refractivity contribution in [3.63, 3.8) is 0 Å². The standard InChI is InChI=1S/C14H18BrNO4/c1-14(2,3)20-13(19)16-11(12(17)18)8-9-6-4-5-7-10(9)15/h4-7,11H,8H2,1-3H3,(H,16,19)(H,17,18)/t11-/m1/s1. The van der Waals surface area contributed by atoms with Gasteiger partial charge in [-0.2, -0.15) is 0 Å². The molecule has 0 aliphatic heterocycles. The molecular weight excluding hydrogens is 326 g/mol. The molecule has 6 heteroatoms. The quantitative estimate of drug-likeness (QED) is 0.881. The molecule has 2 N–H and O–H groups in total. The van der Waals surface area contributed by atoms with Crippen molar-refractivity contribution in [1.82, 2.24) is 5.32 Å². The molecule has 1 atom stereocenters. The summed E-state index contributed by atoms with van der Waals surface area (Å²) in [6.07, 6.45) is -0.562. The maximum absolute atomic E-state index is 11.6. The fourth-order valence-electron chi connectivity index (χ4n) is 1.53. The van der Waals surface area contributed by atoms with Crippen molar-refractivity contribution < 1.29 is 19.4 Å². The number of hydrogen-bond donors (Lipinski definition) is 2. The van der Waals surface area contributed by atoms with Gasteiger partial charge in [-0.1, -0.05) is 34.1 Å². The van der Waals surface area contributed by atoms with Crippen molar-refractivity contribution in [2.45, 2.75) is 38.8 Å². The first-order valence-corrected chi connectivity index (χ1v) is 6.94. The lowest BCUT2D eigenvalue weighted by Gasteiger charge is -2.22. The van der Waals surface area contributed by atoms with E-state index in [2.05, 4.69) is 21.2 Å². The highest BCUT2D eigenvalue weighted by molar-refractivity contribution is 9.10. The van der Waals surface area contributed by atoms with Crippen molar-refractivity contribution in [3.8, 4) is 0 Å². The zero-order valence-corrected chi connectivity index (χ0v) is 13.2. The van der Waals surface area contributed by atoms with Gasteiger partial charge >= 0.3 is 12.1 Å². The van der Waals surface area contributed by atoms with E-state index in [-0.39, 0.29) is 6.42 Å². The Kier molecular flexibility index (Phi) is 5.56. The fourth-order valence-corrected chi connectivity index (χ4v) is 1.98. The van der Waals surface area contributed by atoms with E-state index >= 15 is 0 Å². The van der Waals surface area contributed by atoms with Gasteiger partial charge in [-0.15, -0.1) is 0 Å². The molecule has 5 nitrogen and oxygen atoms in total. The van der Waals surface area contributed by atoms with E-state index in [1.165, 1.54) is 0 Å². The van der Waals surface area contributed by atoms with Crippen molar-refractivity contribution in [3.05, 3.63) is 34.3 Å². The van der Waals surface area contributed by atoms with Crippen molar-refractivity contribution in [2.24, 2.45) is 0 Å². The second-order valence-corrected chi connectivity index (χ2v) is 6.19. The van der Waals surface area contributed by atoms with Crippen LogP contribution in [0.3, 0.4) is 0 Å². The Balaban J connectivity index is 2.74. The number of carboxylic acid groups (broad SMARTS) is 1. The molecule has 1 aromatic carbocycles. The molecule has 0 fully saturated rings. The molecule has 0 bridgehead atoms. The highest BCUT2D eigenvalue weighted by atomic mass is 79.9. The number of nitrogens with one attached hydrogen (secondary N) is 1. The molecular formula is C14H18BrNO4. The van der Waals surface area contributed by atoms with E-state index in [0.717, 1.165) is 10.0 Å². The summed E-state index contributed by atoms with van der Waals surface area (Å²) < 4.78 is 5.86. The van der Waals surface area contributed by atoms with Gasteiger partial charge in [-0.05, 0) is 32.4 Å². The second-order valence-electron chi connectivity index (χ2n) is 5.33. The van der Waals surface area contributed by atoms with Crippen LogP contribution in [0.25, 0.3) is 0 Å². The lowest BCUT2D eigenvalue weighted by molar-refractivity contribution is -0.139. The Bertz CT molecular complexity index is 496. The monoisotopic (exact) mass is 343 g/mol. The molecule has 0 heterocycles. The molecule has 0 spiro atoms. The van der Waals surface area contributed by atoms with Gasteiger partial charge in [-0.3, -0.25) is 0 Å². The summed E-state index contributed by atoms with van der Waals surface area (Å²) in [6.45, 7) is 5.16. The van der Waals surface area contributed by atoms with Crippen LogP contribution in [0.1, 0.15) is 26.3 Å². The minimum atomic E-state index is -1.10. The summed E-state index contributed by atoms with van der Waals surface area (Å²) in [5.74, 6) is -1.10. The van der Waals surface area contributed by atoms with E-state index in [1.54, 1.807) is 26.8 Å². The summed E-state index contributed by atoms with van der Waals surface area (Å²) in [6, 6.07) is 6.24. The van der Waals surface area contributed by atoms with Crippen LogP contribution in [-0.2, 0) is 16.0 Å². The summed E-state index contributed by atoms with van der Waals surface area (Å²) >= 11 is 3.35. The van der Waals surface area contributed by atoms with Gasteiger partial charge in [0.15, 0.2) is 0 Å². The number of carbonyl (C=O) groups excluding carboxylic acids is 1. The smallest absolute Gasteiger partial charge is 0.408 e. The van der Waals surface area contributed by atoms with Crippen LogP contribution in [0.4, 0.5) is 4.79 Å². The summed E-state index contributed by atoms with van der Waals surface area (Å²) in [5.41, 5.74) is 0.136. The van der Waals surface area contributed by atoms with Crippen LogP contribution in [0.2, 0.25) is 0 Å². The maximum atomic E-state index is 11.6. The van der Waals surface area contributed by atoms with Gasteiger partial charge in [0, 0.05) is 10.9 Å². The Morgan fingerprint density at radius 2 is 1.95 bits per heavy atom. The number of alkyl carbamates (subject to hydrolysis) is 1. The fraction of sp³-hybridized carbons (Fsp3) is 0.429. The van der Waals surface area contributed by atoms with E-state index < -0.39 is 23.7 Å². The van der Waals surface area contributed by atoms with E-state index in [0.29, 0.717) is 0 Å². The summed E-state index contributed by atoms with van der Waals surface area (Å²) in [5, 5.41) is 11.6. The molecule has 0 saturated heterocycles. The number of rotatable bonds is 4. The molecule has 110 valence electrons. The number of ether oxygens (including phenoxy) is 1. The maximum Gasteiger partial charge on any atom is 0.408 e. The lowest BCUT2D eigenvalue weighted by Crippen LogP contribution is -2.44. The molecule has 20 heavy (non-hydrogen) atoms. The van der Waals surface area contributed by atoms with E-state index in [1.807, 2.05) is 18.2 Å². The Hall–Kier alpha value is -1.56. The number of halogens is 1. The second kappa shape index (κ2) is 6.74. The van der Waals surface area contributed by atoms with Gasteiger partial charge < -0.3 is 15.2 Å². The number of amides is 1. The van der Waals surface area contributed by atoms with Crippen LogP contribution >= 0.6 is 15.9 Å². The third kappa shape index (κ3) is 5.61. The zero-order chi connectivity index (χ0) is 15.3. The van der Waals surface area contributed by atoms with Crippen LogP contribution < -0.4 is 5.32 Å². The number of benzene rings is 1. The lowest BCUT2D eigenvalue weighted by atomic mass is 10.1. The molecule has 0 unspecified atom stereocenters. The Morgan fingerprint density at radius 1 is 1.35 bits per heavy atom. The average Bonchev–Trinajstić information content (AvgIpc) is 2.28. The van der Waals surface area contributed by atoms with E-state index in [4.69, 9.17) is 4.74 Å². The van der Waals surface area contributed by atoms with Crippen LogP contribution in [0.15, 0.2) is 28.7 Å². The summed E-state index contributed by atoms with van der Waals surface area (Å²) in [4.78, 5) is 22.9. The Labute approximate surface area is 126 Å². The van der Waals surface area contributed by atoms with Gasteiger partial charge in [0.25, 0.3) is 0 Å². The van der Waals surface area contributed by atoms with Gasteiger partial charge in [-0.25, -0.2) is 9.59 Å². The molecule has 0 saturated carbocycles.